The Kier molecular flexibility index (Phi) is 5.39. The van der Waals surface area contributed by atoms with Gasteiger partial charge >= 0.3 is 0 Å². The number of benzene rings is 2. The minimum absolute atomic E-state index is 0.0265. The van der Waals surface area contributed by atoms with Crippen LogP contribution >= 0.6 is 11.3 Å². The van der Waals surface area contributed by atoms with E-state index in [0.29, 0.717) is 0 Å². The Hall–Kier alpha value is -2.73. The number of hydrogen-bond donors (Lipinski definition) is 1. The van der Waals surface area contributed by atoms with Crippen LogP contribution in [0, 0.1) is 0 Å². The second-order valence-electron chi connectivity index (χ2n) is 7.13. The summed E-state index contributed by atoms with van der Waals surface area (Å²) in [6.45, 7) is 2.22. The normalized spacial score (nSPS) is 17.6. The summed E-state index contributed by atoms with van der Waals surface area (Å²) in [5, 5.41) is 3.93. The van der Waals surface area contributed by atoms with Crippen molar-refractivity contribution in [3.8, 4) is 0 Å². The molecule has 0 spiro atoms. The van der Waals surface area contributed by atoms with Crippen molar-refractivity contribution in [1.82, 2.24) is 15.2 Å². The maximum atomic E-state index is 13.2. The van der Waals surface area contributed by atoms with Crippen molar-refractivity contribution in [2.75, 3.05) is 6.54 Å². The first-order valence-corrected chi connectivity index (χ1v) is 10.4. The van der Waals surface area contributed by atoms with E-state index in [9.17, 15) is 9.59 Å². The van der Waals surface area contributed by atoms with Crippen LogP contribution in [-0.4, -0.2) is 28.2 Å². The summed E-state index contributed by atoms with van der Waals surface area (Å²) in [7, 11) is 0. The number of hydrogen-bond acceptors (Lipinski definition) is 4. The zero-order chi connectivity index (χ0) is 19.5. The Labute approximate surface area is 168 Å². The van der Waals surface area contributed by atoms with Crippen LogP contribution in [0.3, 0.4) is 0 Å². The molecule has 6 heteroatoms. The van der Waals surface area contributed by atoms with Gasteiger partial charge in [0, 0.05) is 13.5 Å². The number of amides is 2. The molecule has 2 amide bonds. The molecule has 1 saturated heterocycles. The number of thiazole rings is 1. The standard InChI is InChI=1S/C22H23N3O2S/c1-15(26)23-18(16-8-3-2-4-9-16)14-21(27)25-13-7-11-19(25)22-24-17-10-5-6-12-20(17)28-22/h2-6,8-10,12,18-19H,7,11,13-14H2,1H3,(H,23,26)/t18-,19-/m0/s1. The van der Waals surface area contributed by atoms with E-state index in [1.807, 2.05) is 53.4 Å². The molecule has 4 rings (SSSR count). The number of nitrogens with one attached hydrogen (secondary N) is 1. The molecule has 1 aliphatic rings. The van der Waals surface area contributed by atoms with E-state index in [2.05, 4.69) is 11.4 Å². The first kappa shape index (κ1) is 18.6. The molecule has 2 atom stereocenters. The lowest BCUT2D eigenvalue weighted by Gasteiger charge is -2.26. The van der Waals surface area contributed by atoms with Gasteiger partial charge in [0.25, 0.3) is 0 Å². The van der Waals surface area contributed by atoms with Gasteiger partial charge in [-0.2, -0.15) is 0 Å². The second kappa shape index (κ2) is 8.10. The fourth-order valence-corrected chi connectivity index (χ4v) is 4.94. The Bertz CT molecular complexity index is 953. The van der Waals surface area contributed by atoms with E-state index < -0.39 is 0 Å². The molecule has 0 bridgehead atoms. The summed E-state index contributed by atoms with van der Waals surface area (Å²) in [5.74, 6) is -0.0739. The number of nitrogens with zero attached hydrogens (tertiary/aromatic N) is 2. The minimum Gasteiger partial charge on any atom is -0.349 e. The molecular weight excluding hydrogens is 370 g/mol. The van der Waals surface area contributed by atoms with Crippen molar-refractivity contribution in [2.45, 2.75) is 38.3 Å². The zero-order valence-electron chi connectivity index (χ0n) is 15.8. The highest BCUT2D eigenvalue weighted by molar-refractivity contribution is 7.18. The van der Waals surface area contributed by atoms with E-state index in [4.69, 9.17) is 4.98 Å². The third kappa shape index (κ3) is 3.92. The number of rotatable bonds is 5. The van der Waals surface area contributed by atoms with E-state index in [-0.39, 0.29) is 30.3 Å². The summed E-state index contributed by atoms with van der Waals surface area (Å²) in [6.07, 6.45) is 2.16. The van der Waals surface area contributed by atoms with Gasteiger partial charge < -0.3 is 10.2 Å². The third-order valence-corrected chi connectivity index (χ3v) is 6.26. The van der Waals surface area contributed by atoms with Crippen LogP contribution in [0.2, 0.25) is 0 Å². The van der Waals surface area contributed by atoms with Gasteiger partial charge in [0.15, 0.2) is 0 Å². The van der Waals surface area contributed by atoms with Gasteiger partial charge in [-0.25, -0.2) is 4.98 Å². The van der Waals surface area contributed by atoms with E-state index >= 15 is 0 Å². The lowest BCUT2D eigenvalue weighted by molar-refractivity contribution is -0.133. The van der Waals surface area contributed by atoms with Crippen molar-refractivity contribution in [2.24, 2.45) is 0 Å². The molecule has 1 aliphatic heterocycles. The quantitative estimate of drug-likeness (QED) is 0.706. The van der Waals surface area contributed by atoms with Crippen LogP contribution in [0.5, 0.6) is 0 Å². The lowest BCUT2D eigenvalue weighted by Crippen LogP contribution is -2.35. The maximum absolute atomic E-state index is 13.2. The lowest BCUT2D eigenvalue weighted by atomic mass is 10.0. The number of likely N-dealkylation sites (tertiary alicyclic amines) is 1. The van der Waals surface area contributed by atoms with Gasteiger partial charge in [-0.1, -0.05) is 42.5 Å². The molecule has 144 valence electrons. The van der Waals surface area contributed by atoms with Crippen molar-refractivity contribution in [3.63, 3.8) is 0 Å². The summed E-state index contributed by atoms with van der Waals surface area (Å²) >= 11 is 1.67. The SMILES string of the molecule is CC(=O)N[C@@H](CC(=O)N1CCC[C@H]1c1nc2ccccc2s1)c1ccccc1. The van der Waals surface area contributed by atoms with Crippen LogP contribution in [0.25, 0.3) is 10.2 Å². The Morgan fingerprint density at radius 3 is 2.68 bits per heavy atom. The highest BCUT2D eigenvalue weighted by Gasteiger charge is 2.33. The van der Waals surface area contributed by atoms with Gasteiger partial charge in [-0.15, -0.1) is 11.3 Å². The molecule has 0 saturated carbocycles. The second-order valence-corrected chi connectivity index (χ2v) is 8.20. The van der Waals surface area contributed by atoms with Gasteiger partial charge in [0.05, 0.1) is 28.7 Å². The van der Waals surface area contributed by atoms with Crippen molar-refractivity contribution in [1.29, 1.82) is 0 Å². The van der Waals surface area contributed by atoms with E-state index in [1.54, 1.807) is 11.3 Å². The highest BCUT2D eigenvalue weighted by Crippen LogP contribution is 2.37. The van der Waals surface area contributed by atoms with Crippen molar-refractivity contribution >= 4 is 33.4 Å². The molecule has 1 fully saturated rings. The Morgan fingerprint density at radius 2 is 1.93 bits per heavy atom. The summed E-state index contributed by atoms with van der Waals surface area (Å²) < 4.78 is 1.15. The molecular formula is C22H23N3O2S. The van der Waals surface area contributed by atoms with Crippen molar-refractivity contribution in [3.05, 3.63) is 65.2 Å². The molecule has 2 heterocycles. The van der Waals surface area contributed by atoms with Gasteiger partial charge in [-0.05, 0) is 30.5 Å². The average Bonchev–Trinajstić information content (AvgIpc) is 3.34. The molecule has 28 heavy (non-hydrogen) atoms. The number of aromatic nitrogens is 1. The molecule has 5 nitrogen and oxygen atoms in total. The summed E-state index contributed by atoms with van der Waals surface area (Å²) in [6, 6.07) is 17.5. The zero-order valence-corrected chi connectivity index (χ0v) is 16.6. The third-order valence-electron chi connectivity index (χ3n) is 5.13. The fraction of sp³-hybridized carbons (Fsp3) is 0.318. The summed E-state index contributed by atoms with van der Waals surface area (Å²) in [4.78, 5) is 31.5. The number of carbonyl (C=O) groups excluding carboxylic acids is 2. The minimum atomic E-state index is -0.317. The molecule has 2 aromatic carbocycles. The Balaban J connectivity index is 1.54. The summed E-state index contributed by atoms with van der Waals surface area (Å²) in [5.41, 5.74) is 1.93. The number of fused-ring (bicyclic) bond motifs is 1. The van der Waals surface area contributed by atoms with Crippen LogP contribution in [0.4, 0.5) is 0 Å². The van der Waals surface area contributed by atoms with Gasteiger partial charge in [0.1, 0.15) is 5.01 Å². The number of para-hydroxylation sites is 1. The van der Waals surface area contributed by atoms with E-state index in [1.165, 1.54) is 6.92 Å². The van der Waals surface area contributed by atoms with Gasteiger partial charge in [0.2, 0.25) is 11.8 Å². The maximum Gasteiger partial charge on any atom is 0.225 e. The Morgan fingerprint density at radius 1 is 1.18 bits per heavy atom. The predicted octanol–water partition coefficient (Wildman–Crippen LogP) is 4.23. The smallest absolute Gasteiger partial charge is 0.225 e. The van der Waals surface area contributed by atoms with Crippen LogP contribution in [0.15, 0.2) is 54.6 Å². The monoisotopic (exact) mass is 393 g/mol. The number of carbonyl (C=O) groups is 2. The van der Waals surface area contributed by atoms with E-state index in [0.717, 1.165) is 40.2 Å². The van der Waals surface area contributed by atoms with Crippen LogP contribution in [0.1, 0.15) is 48.8 Å². The van der Waals surface area contributed by atoms with Crippen LogP contribution in [-0.2, 0) is 9.59 Å². The first-order chi connectivity index (χ1) is 13.6. The molecule has 1 N–H and O–H groups in total. The molecule has 0 unspecified atom stereocenters. The molecule has 3 aromatic rings. The largest absolute Gasteiger partial charge is 0.349 e. The average molecular weight is 394 g/mol. The topological polar surface area (TPSA) is 62.3 Å². The van der Waals surface area contributed by atoms with Crippen molar-refractivity contribution < 1.29 is 9.59 Å². The predicted molar refractivity (Wildman–Crippen MR) is 111 cm³/mol. The van der Waals surface area contributed by atoms with Crippen LogP contribution < -0.4 is 5.32 Å². The first-order valence-electron chi connectivity index (χ1n) is 9.59. The fourth-order valence-electron chi connectivity index (χ4n) is 3.83. The molecule has 1 aromatic heterocycles. The highest BCUT2D eigenvalue weighted by atomic mass is 32.1. The molecule has 0 aliphatic carbocycles. The molecule has 0 radical (unpaired) electrons. The van der Waals surface area contributed by atoms with Gasteiger partial charge in [-0.3, -0.25) is 9.59 Å².